The zero-order valence-corrected chi connectivity index (χ0v) is 16.4. The summed E-state index contributed by atoms with van der Waals surface area (Å²) in [6.07, 6.45) is 8.35. The van der Waals surface area contributed by atoms with E-state index >= 15 is 0 Å². The van der Waals surface area contributed by atoms with Gasteiger partial charge in [-0.2, -0.15) is 0 Å². The third-order valence-electron chi connectivity index (χ3n) is 4.48. The first-order valence-electron chi connectivity index (χ1n) is 8.60. The molecule has 1 aliphatic rings. The lowest BCUT2D eigenvalue weighted by atomic mass is 9.92. The summed E-state index contributed by atoms with van der Waals surface area (Å²) in [5.74, 6) is 1.12. The van der Waals surface area contributed by atoms with E-state index in [0.717, 1.165) is 19.0 Å². The van der Waals surface area contributed by atoms with Crippen molar-refractivity contribution in [3.05, 3.63) is 12.2 Å². The van der Waals surface area contributed by atoms with Crippen molar-refractivity contribution in [2.75, 3.05) is 13.3 Å². The van der Waals surface area contributed by atoms with Crippen molar-refractivity contribution in [3.8, 4) is 0 Å². The van der Waals surface area contributed by atoms with Crippen LogP contribution in [0, 0.1) is 17.8 Å². The molecule has 0 N–H and O–H groups in total. The molecule has 4 heteroatoms. The smallest absolute Gasteiger partial charge is 0.163 e. The van der Waals surface area contributed by atoms with E-state index in [1.165, 1.54) is 0 Å². The standard InChI is InChI=1S/C18H35O3P/c1-8-9-16-17(21-18(5,6)20-16)14(3)11-10-13(2)15(4)12-22-19-7/h10-11,13-17,22H,8-9,12H2,1-7H3/b11-10-/t13-,14?,15-,16-,17+/m0/s1. The molecule has 1 heterocycles. The van der Waals surface area contributed by atoms with Crippen LogP contribution in [-0.2, 0) is 14.0 Å². The molecule has 22 heavy (non-hydrogen) atoms. The minimum absolute atomic E-state index is 0.162. The quantitative estimate of drug-likeness (QED) is 0.439. The summed E-state index contributed by atoms with van der Waals surface area (Å²) in [7, 11) is 2.38. The van der Waals surface area contributed by atoms with Crippen LogP contribution in [0.3, 0.4) is 0 Å². The van der Waals surface area contributed by atoms with Gasteiger partial charge in [0.15, 0.2) is 5.79 Å². The van der Waals surface area contributed by atoms with Crippen LogP contribution in [0.25, 0.3) is 0 Å². The Kier molecular flexibility index (Phi) is 8.56. The van der Waals surface area contributed by atoms with E-state index in [-0.39, 0.29) is 12.2 Å². The Labute approximate surface area is 139 Å². The van der Waals surface area contributed by atoms with Gasteiger partial charge in [0.1, 0.15) is 0 Å². The topological polar surface area (TPSA) is 27.7 Å². The van der Waals surface area contributed by atoms with E-state index < -0.39 is 5.79 Å². The van der Waals surface area contributed by atoms with Crippen molar-refractivity contribution < 1.29 is 14.0 Å². The molecule has 6 atom stereocenters. The van der Waals surface area contributed by atoms with Crippen molar-refractivity contribution in [2.24, 2.45) is 17.8 Å². The highest BCUT2D eigenvalue weighted by molar-refractivity contribution is 7.32. The van der Waals surface area contributed by atoms with E-state index in [2.05, 4.69) is 39.8 Å². The molecule has 0 aromatic carbocycles. The molecule has 2 unspecified atom stereocenters. The summed E-state index contributed by atoms with van der Waals surface area (Å²) in [6.45, 7) is 13.1. The zero-order valence-electron chi connectivity index (χ0n) is 15.4. The molecule has 0 radical (unpaired) electrons. The number of rotatable bonds is 9. The maximum atomic E-state index is 6.14. The third kappa shape index (κ3) is 6.28. The highest BCUT2D eigenvalue weighted by atomic mass is 31.1. The molecule has 1 aliphatic heterocycles. The van der Waals surface area contributed by atoms with Gasteiger partial charge >= 0.3 is 0 Å². The average molecular weight is 330 g/mol. The maximum absolute atomic E-state index is 6.14. The largest absolute Gasteiger partial charge is 0.366 e. The predicted molar refractivity (Wildman–Crippen MR) is 95.6 cm³/mol. The van der Waals surface area contributed by atoms with Gasteiger partial charge in [0.25, 0.3) is 0 Å². The Morgan fingerprint density at radius 2 is 1.86 bits per heavy atom. The van der Waals surface area contributed by atoms with Gasteiger partial charge in [-0.1, -0.05) is 46.3 Å². The Balaban J connectivity index is 2.58. The average Bonchev–Trinajstić information content (AvgIpc) is 2.77. The summed E-state index contributed by atoms with van der Waals surface area (Å²) >= 11 is 0. The fourth-order valence-electron chi connectivity index (χ4n) is 2.87. The molecule has 130 valence electrons. The van der Waals surface area contributed by atoms with Crippen LogP contribution < -0.4 is 0 Å². The molecule has 1 rings (SSSR count). The highest BCUT2D eigenvalue weighted by Gasteiger charge is 2.42. The Bertz CT molecular complexity index is 343. The van der Waals surface area contributed by atoms with E-state index in [4.69, 9.17) is 14.0 Å². The van der Waals surface area contributed by atoms with Crippen molar-refractivity contribution in [3.63, 3.8) is 0 Å². The molecule has 0 spiro atoms. The second kappa shape index (κ2) is 9.37. The van der Waals surface area contributed by atoms with Crippen LogP contribution >= 0.6 is 8.81 Å². The second-order valence-electron chi connectivity index (χ2n) is 7.06. The summed E-state index contributed by atoms with van der Waals surface area (Å²) < 4.78 is 17.4. The maximum Gasteiger partial charge on any atom is 0.163 e. The SMILES string of the molecule is CCC[C@@H]1OC(C)(C)O[C@@H]1C(C)/C=C\[C@H](C)[C@@H](C)CPOC. The lowest BCUT2D eigenvalue weighted by molar-refractivity contribution is -0.149. The van der Waals surface area contributed by atoms with Gasteiger partial charge < -0.3 is 14.0 Å². The van der Waals surface area contributed by atoms with Crippen LogP contribution in [0.4, 0.5) is 0 Å². The Morgan fingerprint density at radius 1 is 1.18 bits per heavy atom. The number of allylic oxidation sites excluding steroid dienone is 1. The van der Waals surface area contributed by atoms with Crippen molar-refractivity contribution in [2.45, 2.75) is 72.4 Å². The van der Waals surface area contributed by atoms with Crippen LogP contribution in [0.1, 0.15) is 54.4 Å². The lowest BCUT2D eigenvalue weighted by Gasteiger charge is -2.22. The van der Waals surface area contributed by atoms with Crippen molar-refractivity contribution >= 4 is 8.81 Å². The monoisotopic (exact) mass is 330 g/mol. The molecule has 0 saturated carbocycles. The molecule has 0 bridgehead atoms. The number of ether oxygens (including phenoxy) is 2. The summed E-state index contributed by atoms with van der Waals surface area (Å²) in [4.78, 5) is 0. The molecular formula is C18H35O3P. The molecular weight excluding hydrogens is 295 g/mol. The first-order chi connectivity index (χ1) is 10.3. The molecule has 0 aromatic rings. The summed E-state index contributed by atoms with van der Waals surface area (Å²) in [5, 5.41) is 0. The van der Waals surface area contributed by atoms with Gasteiger partial charge in [-0.05, 0) is 38.3 Å². The lowest BCUT2D eigenvalue weighted by Crippen LogP contribution is -2.28. The van der Waals surface area contributed by atoms with Crippen LogP contribution in [0.5, 0.6) is 0 Å². The summed E-state index contributed by atoms with van der Waals surface area (Å²) in [5.41, 5.74) is 0. The van der Waals surface area contributed by atoms with Gasteiger partial charge in [-0.15, -0.1) is 0 Å². The first kappa shape index (κ1) is 20.1. The molecule has 3 nitrogen and oxygen atoms in total. The fraction of sp³-hybridized carbons (Fsp3) is 0.889. The van der Waals surface area contributed by atoms with Crippen LogP contribution in [-0.4, -0.2) is 31.3 Å². The van der Waals surface area contributed by atoms with E-state index in [1.54, 1.807) is 7.11 Å². The van der Waals surface area contributed by atoms with E-state index in [1.807, 2.05) is 13.8 Å². The van der Waals surface area contributed by atoms with Gasteiger partial charge in [-0.25, -0.2) is 0 Å². The molecule has 1 fully saturated rings. The van der Waals surface area contributed by atoms with E-state index in [9.17, 15) is 0 Å². The van der Waals surface area contributed by atoms with Gasteiger partial charge in [0, 0.05) is 21.8 Å². The molecule has 0 aromatic heterocycles. The van der Waals surface area contributed by atoms with E-state index in [0.29, 0.717) is 26.6 Å². The highest BCUT2D eigenvalue weighted by Crippen LogP contribution is 2.35. The number of hydrogen-bond acceptors (Lipinski definition) is 3. The summed E-state index contributed by atoms with van der Waals surface area (Å²) in [6, 6.07) is 0. The minimum Gasteiger partial charge on any atom is -0.366 e. The minimum atomic E-state index is -0.453. The molecule has 1 saturated heterocycles. The fourth-order valence-corrected chi connectivity index (χ4v) is 3.67. The Morgan fingerprint density at radius 3 is 2.45 bits per heavy atom. The molecule has 0 aliphatic carbocycles. The number of hydrogen-bond donors (Lipinski definition) is 0. The second-order valence-corrected chi connectivity index (χ2v) is 8.17. The third-order valence-corrected chi connectivity index (χ3v) is 5.58. The van der Waals surface area contributed by atoms with Crippen LogP contribution in [0.15, 0.2) is 12.2 Å². The van der Waals surface area contributed by atoms with Crippen molar-refractivity contribution in [1.29, 1.82) is 0 Å². The predicted octanol–water partition coefficient (Wildman–Crippen LogP) is 5.01. The van der Waals surface area contributed by atoms with Crippen molar-refractivity contribution in [1.82, 2.24) is 0 Å². The molecule has 0 amide bonds. The van der Waals surface area contributed by atoms with Crippen LogP contribution in [0.2, 0.25) is 0 Å². The normalized spacial score (nSPS) is 29.4. The van der Waals surface area contributed by atoms with Gasteiger partial charge in [0.05, 0.1) is 12.2 Å². The van der Waals surface area contributed by atoms with Gasteiger partial charge in [0.2, 0.25) is 0 Å². The first-order valence-corrected chi connectivity index (χ1v) is 9.72. The van der Waals surface area contributed by atoms with Gasteiger partial charge in [-0.3, -0.25) is 0 Å². The zero-order chi connectivity index (χ0) is 16.8. The Hall–Kier alpha value is 0.0500.